The molecule has 1 aromatic heterocycles. The fourth-order valence-electron chi connectivity index (χ4n) is 3.87. The quantitative estimate of drug-likeness (QED) is 0.359. The number of nitrogens with zero attached hydrogens (tertiary/aromatic N) is 3. The van der Waals surface area contributed by atoms with E-state index in [1.165, 1.54) is 0 Å². The molecule has 1 heterocycles. The van der Waals surface area contributed by atoms with Gasteiger partial charge in [-0.2, -0.15) is 5.10 Å². The molecular formula is C26H23ClFN4NaO3S. The van der Waals surface area contributed by atoms with Crippen molar-refractivity contribution < 1.29 is 47.2 Å². The Morgan fingerprint density at radius 3 is 2.38 bits per heavy atom. The number of sulfonamides is 1. The van der Waals surface area contributed by atoms with E-state index in [4.69, 9.17) is 16.7 Å². The number of urea groups is 1. The third-order valence-electron chi connectivity index (χ3n) is 5.62. The zero-order chi connectivity index (χ0) is 25.9. The molecule has 0 spiro atoms. The van der Waals surface area contributed by atoms with Crippen molar-refractivity contribution >= 4 is 27.7 Å². The normalized spacial score (nSPS) is 11.0. The number of amides is 2. The van der Waals surface area contributed by atoms with Crippen LogP contribution < -0.4 is 34.9 Å². The minimum atomic E-state index is -4.30. The number of carbonyl (C=O) groups is 1. The Kier molecular flexibility index (Phi) is 9.55. The summed E-state index contributed by atoms with van der Waals surface area (Å²) in [6, 6.07) is 19.6. The maximum absolute atomic E-state index is 13.3. The molecule has 7 nitrogen and oxygen atoms in total. The van der Waals surface area contributed by atoms with E-state index < -0.39 is 21.9 Å². The van der Waals surface area contributed by atoms with E-state index in [0.717, 1.165) is 52.0 Å². The minimum Gasteiger partial charge on any atom is -0.448 e. The molecule has 0 aliphatic heterocycles. The zero-order valence-electron chi connectivity index (χ0n) is 20.6. The van der Waals surface area contributed by atoms with Gasteiger partial charge in [0, 0.05) is 11.3 Å². The second-order valence-corrected chi connectivity index (χ2v) is 10.1. The van der Waals surface area contributed by atoms with Gasteiger partial charge in [-0.05, 0) is 68.3 Å². The largest absolute Gasteiger partial charge is 1.00 e. The Morgan fingerprint density at radius 1 is 1.05 bits per heavy atom. The molecule has 186 valence electrons. The van der Waals surface area contributed by atoms with Crippen LogP contribution in [0, 0.1) is 19.7 Å². The molecule has 4 aromatic rings. The van der Waals surface area contributed by atoms with Crippen molar-refractivity contribution in [2.75, 3.05) is 6.54 Å². The van der Waals surface area contributed by atoms with Crippen LogP contribution in [0.5, 0.6) is 0 Å². The molecule has 4 rings (SSSR count). The van der Waals surface area contributed by atoms with E-state index in [0.29, 0.717) is 6.42 Å². The summed E-state index contributed by atoms with van der Waals surface area (Å²) in [5.74, 6) is -0.763. The first-order chi connectivity index (χ1) is 17.2. The first-order valence-corrected chi connectivity index (χ1v) is 12.9. The van der Waals surface area contributed by atoms with Gasteiger partial charge in [-0.1, -0.05) is 54.1 Å². The fourth-order valence-corrected chi connectivity index (χ4v) is 5.01. The Morgan fingerprint density at radius 2 is 1.73 bits per heavy atom. The maximum atomic E-state index is 13.3. The molecule has 0 saturated heterocycles. The molecule has 0 aliphatic carbocycles. The number of hydrogen-bond acceptors (Lipinski definition) is 4. The van der Waals surface area contributed by atoms with Gasteiger partial charge in [-0.3, -0.25) is 4.79 Å². The summed E-state index contributed by atoms with van der Waals surface area (Å²) in [4.78, 5) is 11.7. The SMILES string of the molecule is Cc1nn(-c2ccc(CCNC(=O)[N-]S(=O)(=O)c3ccc(F)c(Cl)c3)cc2)c(C)c1-c1ccccc1.[Na+]. The molecule has 0 atom stereocenters. The number of benzene rings is 3. The van der Waals surface area contributed by atoms with Crippen molar-refractivity contribution in [2.45, 2.75) is 25.2 Å². The van der Waals surface area contributed by atoms with Gasteiger partial charge < -0.3 is 10.0 Å². The average molecular weight is 549 g/mol. The van der Waals surface area contributed by atoms with Crippen LogP contribution in [0.1, 0.15) is 17.0 Å². The van der Waals surface area contributed by atoms with Crippen LogP contribution in [0.15, 0.2) is 77.7 Å². The standard InChI is InChI=1S/C26H24ClFN4O3S.Na/c1-17-25(20-6-4-3-5-7-20)18(2)32(30-17)21-10-8-19(9-11-21)14-15-29-26(33)31-36(34,35)22-12-13-24(28)23(27)16-22;/h3-13,16H,14-15H2,1-2H3,(H2,29,31,33);/q;+1/p-1. The molecule has 0 bridgehead atoms. The van der Waals surface area contributed by atoms with Gasteiger partial charge in [0.05, 0.1) is 21.3 Å². The van der Waals surface area contributed by atoms with Crippen molar-refractivity contribution in [1.82, 2.24) is 15.1 Å². The summed E-state index contributed by atoms with van der Waals surface area (Å²) in [5.41, 5.74) is 6.03. The predicted octanol–water partition coefficient (Wildman–Crippen LogP) is 2.97. The van der Waals surface area contributed by atoms with Crippen LogP contribution in [0.25, 0.3) is 21.5 Å². The van der Waals surface area contributed by atoms with Gasteiger partial charge in [-0.15, -0.1) is 0 Å². The first-order valence-electron chi connectivity index (χ1n) is 11.1. The Hall–Kier alpha value is -2.69. The Balaban J connectivity index is 0.00000380. The van der Waals surface area contributed by atoms with E-state index in [-0.39, 0.29) is 46.0 Å². The van der Waals surface area contributed by atoms with Crippen molar-refractivity contribution in [2.24, 2.45) is 0 Å². The summed E-state index contributed by atoms with van der Waals surface area (Å²) in [5, 5.41) is 6.79. The molecule has 1 N–H and O–H groups in total. The van der Waals surface area contributed by atoms with Crippen molar-refractivity contribution in [3.8, 4) is 16.8 Å². The zero-order valence-corrected chi connectivity index (χ0v) is 24.1. The maximum Gasteiger partial charge on any atom is 1.00 e. The molecule has 2 amide bonds. The first kappa shape index (κ1) is 28.9. The summed E-state index contributed by atoms with van der Waals surface area (Å²) in [6.45, 7) is 4.20. The van der Waals surface area contributed by atoms with E-state index in [1.807, 2.05) is 61.0 Å². The van der Waals surface area contributed by atoms with Crippen LogP contribution >= 0.6 is 11.6 Å². The molecule has 37 heavy (non-hydrogen) atoms. The van der Waals surface area contributed by atoms with Crippen molar-refractivity contribution in [3.63, 3.8) is 0 Å². The number of halogens is 2. The smallest absolute Gasteiger partial charge is 0.448 e. The molecule has 11 heteroatoms. The number of aryl methyl sites for hydroxylation is 1. The summed E-state index contributed by atoms with van der Waals surface area (Å²) in [7, 11) is -4.30. The second-order valence-electron chi connectivity index (χ2n) is 8.11. The third-order valence-corrected chi connectivity index (χ3v) is 7.16. The van der Waals surface area contributed by atoms with Gasteiger partial charge in [0.2, 0.25) is 10.0 Å². The van der Waals surface area contributed by atoms with Crippen LogP contribution in [0.3, 0.4) is 0 Å². The van der Waals surface area contributed by atoms with Crippen LogP contribution in [-0.2, 0) is 16.4 Å². The molecule has 0 unspecified atom stereocenters. The fraction of sp³-hybridized carbons (Fsp3) is 0.154. The van der Waals surface area contributed by atoms with E-state index in [2.05, 4.69) is 22.2 Å². The van der Waals surface area contributed by atoms with Crippen molar-refractivity contribution in [1.29, 1.82) is 0 Å². The van der Waals surface area contributed by atoms with Crippen molar-refractivity contribution in [3.05, 3.63) is 105 Å². The summed E-state index contributed by atoms with van der Waals surface area (Å²) < 4.78 is 42.8. The molecule has 0 aliphatic rings. The van der Waals surface area contributed by atoms with Gasteiger partial charge in [-0.25, -0.2) is 17.5 Å². The number of nitrogens with one attached hydrogen (secondary N) is 1. The number of carbonyl (C=O) groups excluding carboxylic acids is 1. The molecule has 0 saturated carbocycles. The molecule has 0 fully saturated rings. The predicted molar refractivity (Wildman–Crippen MR) is 138 cm³/mol. The summed E-state index contributed by atoms with van der Waals surface area (Å²) in [6.07, 6.45) is 0.469. The average Bonchev–Trinajstić information content (AvgIpc) is 3.15. The molecule has 3 aromatic carbocycles. The Bertz CT molecular complexity index is 1510. The van der Waals surface area contributed by atoms with E-state index >= 15 is 0 Å². The number of rotatable bonds is 7. The second kappa shape index (κ2) is 12.2. The topological polar surface area (TPSA) is 95.2 Å². The number of hydrogen-bond donors (Lipinski definition) is 1. The summed E-state index contributed by atoms with van der Waals surface area (Å²) >= 11 is 5.62. The minimum absolute atomic E-state index is 0. The van der Waals surface area contributed by atoms with Gasteiger partial charge in [0.15, 0.2) is 6.03 Å². The van der Waals surface area contributed by atoms with Crippen LogP contribution in [0.2, 0.25) is 5.02 Å². The van der Waals surface area contributed by atoms with Gasteiger partial charge in [0.25, 0.3) is 0 Å². The van der Waals surface area contributed by atoms with Gasteiger partial charge in [0.1, 0.15) is 5.82 Å². The van der Waals surface area contributed by atoms with Gasteiger partial charge >= 0.3 is 29.6 Å². The molecule has 0 radical (unpaired) electrons. The Labute approximate surface area is 242 Å². The van der Waals surface area contributed by atoms with Crippen LogP contribution in [-0.4, -0.2) is 30.8 Å². The van der Waals surface area contributed by atoms with Crippen LogP contribution in [0.4, 0.5) is 9.18 Å². The van der Waals surface area contributed by atoms with E-state index in [9.17, 15) is 17.6 Å². The number of aromatic nitrogens is 2. The van der Waals surface area contributed by atoms with E-state index in [1.54, 1.807) is 0 Å². The third kappa shape index (κ3) is 6.80. The molecular weight excluding hydrogens is 526 g/mol. The monoisotopic (exact) mass is 548 g/mol.